The van der Waals surface area contributed by atoms with Crippen molar-refractivity contribution in [3.8, 4) is 6.07 Å². The second kappa shape index (κ2) is 14.2. The number of rotatable bonds is 13. The number of hydrogen-bond donors (Lipinski definition) is 2. The first-order valence-corrected chi connectivity index (χ1v) is 14.8. The van der Waals surface area contributed by atoms with Gasteiger partial charge in [0.25, 0.3) is 5.91 Å². The number of nitrogens with one attached hydrogen (secondary N) is 1. The second-order valence-corrected chi connectivity index (χ2v) is 12.2. The van der Waals surface area contributed by atoms with Gasteiger partial charge in [0.2, 0.25) is 5.43 Å². The van der Waals surface area contributed by atoms with Crippen LogP contribution in [-0.2, 0) is 36.2 Å². The summed E-state index contributed by atoms with van der Waals surface area (Å²) in [7, 11) is 5.30. The fourth-order valence-electron chi connectivity index (χ4n) is 4.39. The van der Waals surface area contributed by atoms with E-state index in [1.54, 1.807) is 42.1 Å². The molecule has 12 heteroatoms. The molecule has 0 saturated carbocycles. The van der Waals surface area contributed by atoms with E-state index in [2.05, 4.69) is 11.4 Å². The Morgan fingerprint density at radius 1 is 1.22 bits per heavy atom. The van der Waals surface area contributed by atoms with Gasteiger partial charge in [-0.15, -0.1) is 22.7 Å². The van der Waals surface area contributed by atoms with Crippen molar-refractivity contribution in [1.82, 2.24) is 14.8 Å². The lowest BCUT2D eigenvalue weighted by Crippen LogP contribution is -2.29. The van der Waals surface area contributed by atoms with E-state index in [-0.39, 0.29) is 24.1 Å². The van der Waals surface area contributed by atoms with E-state index in [1.807, 2.05) is 31.1 Å². The first-order chi connectivity index (χ1) is 19.7. The number of fused-ring (bicyclic) bond motifs is 1. The molecule has 0 aliphatic heterocycles. The van der Waals surface area contributed by atoms with Gasteiger partial charge in [-0.1, -0.05) is 23.7 Å². The molecule has 0 saturated heterocycles. The minimum atomic E-state index is -0.759. The van der Waals surface area contributed by atoms with E-state index in [4.69, 9.17) is 26.3 Å². The highest BCUT2D eigenvalue weighted by molar-refractivity contribution is 7.19. The predicted octanol–water partition coefficient (Wildman–Crippen LogP) is 4.44. The number of amides is 1. The summed E-state index contributed by atoms with van der Waals surface area (Å²) in [5.74, 6) is -0.455. The van der Waals surface area contributed by atoms with Crippen LogP contribution < -0.4 is 10.7 Å². The third-order valence-electron chi connectivity index (χ3n) is 6.44. The number of aliphatic hydroxyl groups is 1. The maximum atomic E-state index is 13.6. The topological polar surface area (TPSA) is 117 Å². The number of carbonyl (C=O) groups excluding carboxylic acids is 1. The smallest absolute Gasteiger partial charge is 0.257 e. The van der Waals surface area contributed by atoms with Gasteiger partial charge < -0.3 is 24.5 Å². The summed E-state index contributed by atoms with van der Waals surface area (Å²) < 4.78 is 13.2. The number of aromatic nitrogens is 1. The van der Waals surface area contributed by atoms with Crippen LogP contribution in [0.4, 0.5) is 0 Å². The number of ether oxygens (including phenoxy) is 2. The molecule has 1 unspecified atom stereocenters. The third kappa shape index (κ3) is 7.61. The summed E-state index contributed by atoms with van der Waals surface area (Å²) >= 11 is 8.55. The summed E-state index contributed by atoms with van der Waals surface area (Å²) in [4.78, 5) is 30.8. The number of pyridine rings is 1. The van der Waals surface area contributed by atoms with Gasteiger partial charge in [-0.25, -0.2) is 0 Å². The Balaban J connectivity index is 1.60. The molecule has 0 fully saturated rings. The van der Waals surface area contributed by atoms with Crippen LogP contribution in [0.2, 0.25) is 5.02 Å². The molecule has 0 spiro atoms. The number of nitriles is 1. The van der Waals surface area contributed by atoms with Crippen LogP contribution in [0.3, 0.4) is 0 Å². The number of hydrogen-bond acceptors (Lipinski definition) is 9. The van der Waals surface area contributed by atoms with Crippen molar-refractivity contribution in [2.45, 2.75) is 25.8 Å². The normalized spacial score (nSPS) is 12.1. The standard InChI is InChI=1S/C29H31ClN4O5S2/c1-33(15-23(35)24-9-8-20(12-31)40-24)16-25-22(17-39-11-10-38-3)26-28(41-25)27(36)21(14-34(26)2)29(37)32-13-18-4-6-19(30)7-5-18/h4-9,14,23,35H,10-11,13,15-17H2,1-3H3,(H,32,37). The summed E-state index contributed by atoms with van der Waals surface area (Å²) in [5, 5.41) is 23.3. The molecule has 1 aromatic carbocycles. The van der Waals surface area contributed by atoms with Crippen LogP contribution in [0, 0.1) is 11.3 Å². The molecule has 0 aliphatic carbocycles. The lowest BCUT2D eigenvalue weighted by atomic mass is 10.1. The van der Waals surface area contributed by atoms with Gasteiger partial charge in [0.15, 0.2) is 0 Å². The molecule has 2 N–H and O–H groups in total. The molecule has 4 aromatic rings. The maximum absolute atomic E-state index is 13.6. The molecule has 0 aliphatic rings. The van der Waals surface area contributed by atoms with Gasteiger partial charge in [-0.3, -0.25) is 14.5 Å². The van der Waals surface area contributed by atoms with Crippen molar-refractivity contribution in [1.29, 1.82) is 5.26 Å². The van der Waals surface area contributed by atoms with Crippen molar-refractivity contribution in [3.63, 3.8) is 0 Å². The molecule has 216 valence electrons. The number of likely N-dealkylation sites (N-methyl/N-ethyl adjacent to an activating group) is 1. The second-order valence-electron chi connectivity index (χ2n) is 9.55. The van der Waals surface area contributed by atoms with Crippen LogP contribution in [0.5, 0.6) is 0 Å². The summed E-state index contributed by atoms with van der Waals surface area (Å²) in [6, 6.07) is 12.7. The molecular formula is C29H31ClN4O5S2. The Kier molecular flexibility index (Phi) is 10.7. The van der Waals surface area contributed by atoms with Gasteiger partial charge in [0.1, 0.15) is 22.6 Å². The highest BCUT2D eigenvalue weighted by Gasteiger charge is 2.23. The first kappa shape index (κ1) is 30.9. The van der Waals surface area contributed by atoms with E-state index < -0.39 is 12.0 Å². The van der Waals surface area contributed by atoms with E-state index in [1.165, 1.54) is 22.7 Å². The van der Waals surface area contributed by atoms with Crippen LogP contribution in [-0.4, -0.2) is 54.4 Å². The molecule has 0 radical (unpaired) electrons. The summed E-state index contributed by atoms with van der Waals surface area (Å²) in [6.45, 7) is 2.14. The van der Waals surface area contributed by atoms with Crippen LogP contribution in [0.1, 0.15) is 42.2 Å². The highest BCUT2D eigenvalue weighted by Crippen LogP contribution is 2.32. The number of aryl methyl sites for hydroxylation is 1. The summed E-state index contributed by atoms with van der Waals surface area (Å²) in [6.07, 6.45) is 0.804. The van der Waals surface area contributed by atoms with Crippen molar-refractivity contribution in [2.24, 2.45) is 7.05 Å². The van der Waals surface area contributed by atoms with Gasteiger partial charge in [-0.2, -0.15) is 5.26 Å². The van der Waals surface area contributed by atoms with Gasteiger partial charge >= 0.3 is 0 Å². The van der Waals surface area contributed by atoms with Crippen molar-refractivity contribution in [2.75, 3.05) is 33.9 Å². The number of thiophene rings is 2. The zero-order valence-electron chi connectivity index (χ0n) is 23.0. The fraction of sp³-hybridized carbons (Fsp3) is 0.345. The molecule has 1 atom stereocenters. The molecule has 4 rings (SSSR count). The van der Waals surface area contributed by atoms with E-state index in [9.17, 15) is 14.7 Å². The first-order valence-electron chi connectivity index (χ1n) is 12.8. The zero-order valence-corrected chi connectivity index (χ0v) is 25.4. The molecule has 41 heavy (non-hydrogen) atoms. The molecule has 0 bridgehead atoms. The SMILES string of the molecule is COCCOCc1c(CN(C)CC(O)c2ccc(C#N)s2)sc2c(=O)c(C(=O)NCc3ccc(Cl)cc3)cn(C)c12. The monoisotopic (exact) mass is 614 g/mol. The zero-order chi connectivity index (χ0) is 29.5. The maximum Gasteiger partial charge on any atom is 0.257 e. The van der Waals surface area contributed by atoms with Gasteiger partial charge in [0, 0.05) is 60.3 Å². The Morgan fingerprint density at radius 2 is 1.98 bits per heavy atom. The van der Waals surface area contributed by atoms with Crippen LogP contribution in [0.15, 0.2) is 47.4 Å². The van der Waals surface area contributed by atoms with Crippen LogP contribution in [0.25, 0.3) is 10.2 Å². The van der Waals surface area contributed by atoms with E-state index in [0.29, 0.717) is 46.4 Å². The number of carbonyl (C=O) groups is 1. The Labute approximate surface area is 251 Å². The molecular weight excluding hydrogens is 584 g/mol. The van der Waals surface area contributed by atoms with Crippen molar-refractivity contribution >= 4 is 50.4 Å². The minimum absolute atomic E-state index is 0.0587. The lowest BCUT2D eigenvalue weighted by molar-refractivity contribution is 0.0615. The van der Waals surface area contributed by atoms with Crippen LogP contribution >= 0.6 is 34.3 Å². The minimum Gasteiger partial charge on any atom is -0.386 e. The lowest BCUT2D eigenvalue weighted by Gasteiger charge is -2.20. The number of nitrogens with zero attached hydrogens (tertiary/aromatic N) is 3. The molecule has 3 aromatic heterocycles. The molecule has 3 heterocycles. The van der Waals surface area contributed by atoms with E-state index >= 15 is 0 Å². The Hall–Kier alpha value is -3.08. The number of halogens is 1. The number of aliphatic hydroxyl groups excluding tert-OH is 1. The molecule has 1 amide bonds. The summed E-state index contributed by atoms with van der Waals surface area (Å²) in [5.41, 5.74) is 2.16. The number of benzene rings is 1. The highest BCUT2D eigenvalue weighted by atomic mass is 35.5. The average Bonchev–Trinajstić information content (AvgIpc) is 3.58. The molecule has 9 nitrogen and oxygen atoms in total. The Morgan fingerprint density at radius 3 is 2.66 bits per heavy atom. The van der Waals surface area contributed by atoms with E-state index in [0.717, 1.165) is 20.9 Å². The Bertz CT molecular complexity index is 1610. The number of methoxy groups -OCH3 is 1. The average molecular weight is 615 g/mol. The predicted molar refractivity (Wildman–Crippen MR) is 162 cm³/mol. The quantitative estimate of drug-likeness (QED) is 0.214. The van der Waals surface area contributed by atoms with Crippen molar-refractivity contribution < 1.29 is 19.4 Å². The van der Waals surface area contributed by atoms with Gasteiger partial charge in [-0.05, 0) is 36.9 Å². The third-order valence-corrected chi connectivity index (χ3v) is 8.99. The van der Waals surface area contributed by atoms with Gasteiger partial charge in [0.05, 0.1) is 30.0 Å². The largest absolute Gasteiger partial charge is 0.386 e. The van der Waals surface area contributed by atoms with Crippen molar-refractivity contribution in [3.05, 3.63) is 89.2 Å². The fourth-order valence-corrected chi connectivity index (χ4v) is 6.67.